The van der Waals surface area contributed by atoms with Crippen molar-refractivity contribution in [1.82, 2.24) is 10.3 Å². The Morgan fingerprint density at radius 3 is 2.62 bits per heavy atom. The highest BCUT2D eigenvalue weighted by Gasteiger charge is 2.19. The van der Waals surface area contributed by atoms with Crippen molar-refractivity contribution >= 4 is 22.7 Å². The summed E-state index contributed by atoms with van der Waals surface area (Å²) in [5.74, 6) is -0.220. The first kappa shape index (κ1) is 20.6. The minimum atomic E-state index is -0.930. The second-order valence-corrected chi connectivity index (χ2v) is 6.95. The Bertz CT molecular complexity index is 962. The lowest BCUT2D eigenvalue weighted by atomic mass is 10.0. The molecule has 0 saturated carbocycles. The minimum Gasteiger partial charge on any atom is -0.494 e. The van der Waals surface area contributed by atoms with Crippen LogP contribution in [0.4, 0.5) is 0 Å². The molecular weight excluding hydrogens is 368 g/mol. The van der Waals surface area contributed by atoms with Crippen LogP contribution in [0.15, 0.2) is 54.7 Å². The van der Waals surface area contributed by atoms with Crippen LogP contribution < -0.4 is 10.1 Å². The number of carbonyl (C=O) groups excluding carboxylic acids is 1. The van der Waals surface area contributed by atoms with E-state index in [2.05, 4.69) is 10.3 Å². The van der Waals surface area contributed by atoms with Crippen molar-refractivity contribution in [3.05, 3.63) is 65.9 Å². The van der Waals surface area contributed by atoms with E-state index in [0.29, 0.717) is 25.1 Å². The fraction of sp³-hybridized carbons (Fsp3) is 0.304. The van der Waals surface area contributed by atoms with Crippen molar-refractivity contribution in [2.24, 2.45) is 0 Å². The molecule has 3 aromatic rings. The first-order valence-corrected chi connectivity index (χ1v) is 9.85. The molecule has 0 radical (unpaired) electrons. The number of hydrogen-bond donors (Lipinski definition) is 3. The number of carboxylic acid groups (broad SMARTS) is 1. The highest BCUT2D eigenvalue weighted by atomic mass is 16.5. The minimum absolute atomic E-state index is 0.0317. The third-order valence-electron chi connectivity index (χ3n) is 4.79. The number of rotatable bonds is 11. The van der Waals surface area contributed by atoms with Crippen molar-refractivity contribution in [1.29, 1.82) is 0 Å². The number of nitrogens with one attached hydrogen (secondary N) is 2. The summed E-state index contributed by atoms with van der Waals surface area (Å²) in [5.41, 5.74) is 2.52. The Balaban J connectivity index is 1.54. The van der Waals surface area contributed by atoms with Gasteiger partial charge in [0.2, 0.25) is 0 Å². The van der Waals surface area contributed by atoms with Gasteiger partial charge in [0.1, 0.15) is 11.8 Å². The molecule has 2 aromatic carbocycles. The van der Waals surface area contributed by atoms with Gasteiger partial charge in [0.25, 0.3) is 0 Å². The Labute approximate surface area is 169 Å². The molecule has 0 fully saturated rings. The van der Waals surface area contributed by atoms with E-state index in [0.717, 1.165) is 28.6 Å². The van der Waals surface area contributed by atoms with Gasteiger partial charge >= 0.3 is 5.97 Å². The summed E-state index contributed by atoms with van der Waals surface area (Å²) in [6, 6.07) is 14.1. The summed E-state index contributed by atoms with van der Waals surface area (Å²) in [6.07, 6.45) is 3.34. The van der Waals surface area contributed by atoms with Gasteiger partial charge in [0.05, 0.1) is 6.61 Å². The summed E-state index contributed by atoms with van der Waals surface area (Å²) >= 11 is 0. The molecule has 0 spiro atoms. The third kappa shape index (κ3) is 5.45. The molecule has 0 bridgehead atoms. The van der Waals surface area contributed by atoms with Crippen LogP contribution in [0, 0.1) is 0 Å². The number of carbonyl (C=O) groups is 2. The van der Waals surface area contributed by atoms with Crippen LogP contribution in [0.1, 0.15) is 35.7 Å². The van der Waals surface area contributed by atoms with Crippen LogP contribution in [0.3, 0.4) is 0 Å². The van der Waals surface area contributed by atoms with Crippen LogP contribution in [-0.4, -0.2) is 41.0 Å². The van der Waals surface area contributed by atoms with Crippen LogP contribution >= 0.6 is 0 Å². The number of benzene rings is 2. The molecule has 1 heterocycles. The molecule has 0 amide bonds. The zero-order chi connectivity index (χ0) is 20.6. The summed E-state index contributed by atoms with van der Waals surface area (Å²) in [4.78, 5) is 27.2. The molecule has 29 heavy (non-hydrogen) atoms. The average molecular weight is 394 g/mol. The molecule has 3 rings (SSSR count). The van der Waals surface area contributed by atoms with Gasteiger partial charge in [0.15, 0.2) is 5.78 Å². The van der Waals surface area contributed by atoms with Gasteiger partial charge < -0.3 is 20.1 Å². The molecule has 1 aromatic heterocycles. The number of hydrogen-bond acceptors (Lipinski definition) is 4. The van der Waals surface area contributed by atoms with E-state index in [1.54, 1.807) is 24.3 Å². The van der Waals surface area contributed by atoms with Gasteiger partial charge in [-0.25, -0.2) is 0 Å². The Hall–Kier alpha value is -3.12. The van der Waals surface area contributed by atoms with Gasteiger partial charge in [-0.3, -0.25) is 9.59 Å². The van der Waals surface area contributed by atoms with Gasteiger partial charge in [-0.2, -0.15) is 0 Å². The van der Waals surface area contributed by atoms with Crippen LogP contribution in [0.2, 0.25) is 0 Å². The zero-order valence-electron chi connectivity index (χ0n) is 16.5. The van der Waals surface area contributed by atoms with E-state index in [1.807, 2.05) is 37.4 Å². The van der Waals surface area contributed by atoms with E-state index in [1.165, 1.54) is 0 Å². The van der Waals surface area contributed by atoms with E-state index in [9.17, 15) is 14.7 Å². The highest BCUT2D eigenvalue weighted by molar-refractivity contribution is 5.96. The summed E-state index contributed by atoms with van der Waals surface area (Å²) in [6.45, 7) is 2.98. The van der Waals surface area contributed by atoms with Gasteiger partial charge in [-0.15, -0.1) is 0 Å². The van der Waals surface area contributed by atoms with Crippen molar-refractivity contribution in [3.63, 3.8) is 0 Å². The SMILES string of the molecule is CCCOc1ccc(C(=O)CCN[C@@H](Cc2c[nH]c3ccccc23)C(=O)O)cc1. The standard InChI is InChI=1S/C23H26N2O4/c1-2-13-29-18-9-7-16(8-10-18)22(26)11-12-24-21(23(27)28)14-17-15-25-20-6-4-3-5-19(17)20/h3-10,15,21,24-25H,2,11-14H2,1H3,(H,27,28)/t21-/m0/s1. The first-order valence-electron chi connectivity index (χ1n) is 9.85. The second kappa shape index (κ2) is 9.89. The van der Waals surface area contributed by atoms with Crippen molar-refractivity contribution in [2.45, 2.75) is 32.2 Å². The van der Waals surface area contributed by atoms with Gasteiger partial charge in [-0.1, -0.05) is 25.1 Å². The smallest absolute Gasteiger partial charge is 0.321 e. The number of carboxylic acids is 1. The lowest BCUT2D eigenvalue weighted by Gasteiger charge is -2.14. The number of ketones is 1. The molecule has 0 aliphatic heterocycles. The summed E-state index contributed by atoms with van der Waals surface area (Å²) in [5, 5.41) is 13.6. The van der Waals surface area contributed by atoms with E-state index in [4.69, 9.17) is 4.74 Å². The number of aromatic amines is 1. The monoisotopic (exact) mass is 394 g/mol. The lowest BCUT2D eigenvalue weighted by Crippen LogP contribution is -2.39. The van der Waals surface area contributed by atoms with Gasteiger partial charge in [0, 0.05) is 42.0 Å². The summed E-state index contributed by atoms with van der Waals surface area (Å²) in [7, 11) is 0. The highest BCUT2D eigenvalue weighted by Crippen LogP contribution is 2.19. The molecule has 0 aliphatic carbocycles. The summed E-state index contributed by atoms with van der Waals surface area (Å²) < 4.78 is 5.52. The molecular formula is C23H26N2O4. The number of aromatic nitrogens is 1. The largest absolute Gasteiger partial charge is 0.494 e. The van der Waals surface area contributed by atoms with Gasteiger partial charge in [-0.05, 0) is 42.3 Å². The molecule has 3 N–H and O–H groups in total. The quantitative estimate of drug-likeness (QED) is 0.430. The predicted molar refractivity (Wildman–Crippen MR) is 113 cm³/mol. The number of Topliss-reactive ketones (excluding diaryl/α,β-unsaturated/α-hetero) is 1. The van der Waals surface area contributed by atoms with E-state index in [-0.39, 0.29) is 12.2 Å². The number of aliphatic carboxylic acids is 1. The maximum atomic E-state index is 12.4. The number of fused-ring (bicyclic) bond motifs is 1. The average Bonchev–Trinajstić information content (AvgIpc) is 3.14. The lowest BCUT2D eigenvalue weighted by molar-refractivity contribution is -0.139. The third-order valence-corrected chi connectivity index (χ3v) is 4.79. The molecule has 6 nitrogen and oxygen atoms in total. The fourth-order valence-electron chi connectivity index (χ4n) is 3.23. The van der Waals surface area contributed by atoms with Crippen molar-refractivity contribution < 1.29 is 19.4 Å². The van der Waals surface area contributed by atoms with Crippen molar-refractivity contribution in [2.75, 3.05) is 13.2 Å². The Morgan fingerprint density at radius 1 is 1.14 bits per heavy atom. The molecule has 0 saturated heterocycles. The zero-order valence-corrected chi connectivity index (χ0v) is 16.5. The maximum Gasteiger partial charge on any atom is 0.321 e. The maximum absolute atomic E-state index is 12.4. The molecule has 0 aliphatic rings. The van der Waals surface area contributed by atoms with E-state index < -0.39 is 12.0 Å². The molecule has 1 atom stereocenters. The topological polar surface area (TPSA) is 91.4 Å². The Kier molecular flexibility index (Phi) is 7.03. The number of ether oxygens (including phenoxy) is 1. The normalized spacial score (nSPS) is 12.0. The van der Waals surface area contributed by atoms with Crippen molar-refractivity contribution in [3.8, 4) is 5.75 Å². The van der Waals surface area contributed by atoms with E-state index >= 15 is 0 Å². The Morgan fingerprint density at radius 2 is 1.90 bits per heavy atom. The second-order valence-electron chi connectivity index (χ2n) is 6.95. The molecule has 6 heteroatoms. The molecule has 152 valence electrons. The van der Waals surface area contributed by atoms with Crippen LogP contribution in [0.5, 0.6) is 5.75 Å². The fourth-order valence-corrected chi connectivity index (χ4v) is 3.23. The number of para-hydroxylation sites is 1. The molecule has 0 unspecified atom stereocenters. The predicted octanol–water partition coefficient (Wildman–Crippen LogP) is 3.82. The van der Waals surface area contributed by atoms with Crippen LogP contribution in [-0.2, 0) is 11.2 Å². The van der Waals surface area contributed by atoms with Crippen LogP contribution in [0.25, 0.3) is 10.9 Å². The number of H-pyrrole nitrogens is 1. The first-order chi connectivity index (χ1) is 14.1.